The molecule has 230 valence electrons. The Morgan fingerprint density at radius 3 is 2.12 bits per heavy atom. The fraction of sp³-hybridized carbons (Fsp3) is 0.471. The fourth-order valence-electron chi connectivity index (χ4n) is 5.88. The SMILES string of the molecule is CC(C)c1cc(C(=O)CC2CCCCC2)cc(C(C)C)c1C(=S=O)C(=O)N(N)c1cc(C(C)(C)O)n(-c2ccccc2)n1. The summed E-state index contributed by atoms with van der Waals surface area (Å²) < 4.78 is 14.3. The van der Waals surface area contributed by atoms with E-state index in [-0.39, 0.29) is 39.6 Å². The van der Waals surface area contributed by atoms with Gasteiger partial charge in [0.2, 0.25) is 0 Å². The molecule has 8 nitrogen and oxygen atoms in total. The van der Waals surface area contributed by atoms with E-state index in [4.69, 9.17) is 5.84 Å². The van der Waals surface area contributed by atoms with Crippen LogP contribution in [0.4, 0.5) is 5.82 Å². The number of para-hydroxylation sites is 1. The molecule has 3 aromatic rings. The highest BCUT2D eigenvalue weighted by atomic mass is 32.1. The van der Waals surface area contributed by atoms with Gasteiger partial charge in [0.25, 0.3) is 5.91 Å². The third-order valence-electron chi connectivity index (χ3n) is 8.26. The molecule has 43 heavy (non-hydrogen) atoms. The molecule has 1 aromatic heterocycles. The number of hydrogen-bond acceptors (Lipinski definition) is 6. The second-order valence-corrected chi connectivity index (χ2v) is 13.3. The average molecular weight is 605 g/mol. The number of amides is 1. The highest BCUT2D eigenvalue weighted by molar-refractivity contribution is 7.69. The van der Waals surface area contributed by atoms with Crippen molar-refractivity contribution < 1.29 is 18.9 Å². The zero-order chi connectivity index (χ0) is 31.5. The molecular weight excluding hydrogens is 560 g/mol. The smallest absolute Gasteiger partial charge is 0.287 e. The van der Waals surface area contributed by atoms with Gasteiger partial charge in [-0.1, -0.05) is 78.0 Å². The van der Waals surface area contributed by atoms with E-state index in [1.54, 1.807) is 19.9 Å². The minimum Gasteiger partial charge on any atom is -0.384 e. The number of hydrazine groups is 1. The summed E-state index contributed by atoms with van der Waals surface area (Å²) in [5.74, 6) is 6.17. The number of aliphatic hydroxyl groups is 1. The number of rotatable bonds is 10. The van der Waals surface area contributed by atoms with E-state index in [0.717, 1.165) is 29.0 Å². The summed E-state index contributed by atoms with van der Waals surface area (Å²) in [4.78, 5) is 27.4. The predicted molar refractivity (Wildman–Crippen MR) is 173 cm³/mol. The van der Waals surface area contributed by atoms with Gasteiger partial charge in [-0.25, -0.2) is 19.7 Å². The molecular formula is C34H44N4O4S. The van der Waals surface area contributed by atoms with Crippen LogP contribution in [0.5, 0.6) is 0 Å². The van der Waals surface area contributed by atoms with Crippen molar-refractivity contribution in [3.8, 4) is 5.69 Å². The van der Waals surface area contributed by atoms with Crippen molar-refractivity contribution in [3.05, 3.63) is 76.5 Å². The van der Waals surface area contributed by atoms with E-state index in [1.807, 2.05) is 70.2 Å². The van der Waals surface area contributed by atoms with Crippen LogP contribution in [0.1, 0.15) is 125 Å². The molecule has 4 rings (SSSR count). The number of aromatic nitrogens is 2. The quantitative estimate of drug-likeness (QED) is 0.0944. The van der Waals surface area contributed by atoms with Crippen LogP contribution in [0.2, 0.25) is 0 Å². The molecule has 3 N–H and O–H groups in total. The van der Waals surface area contributed by atoms with E-state index in [9.17, 15) is 18.9 Å². The zero-order valence-electron chi connectivity index (χ0n) is 26.1. The molecule has 0 unspecified atom stereocenters. The Morgan fingerprint density at radius 1 is 1.02 bits per heavy atom. The molecule has 1 saturated carbocycles. The summed E-state index contributed by atoms with van der Waals surface area (Å²) in [6.07, 6.45) is 6.26. The van der Waals surface area contributed by atoms with Crippen molar-refractivity contribution in [1.82, 2.24) is 9.78 Å². The average Bonchev–Trinajstić information content (AvgIpc) is 3.44. The van der Waals surface area contributed by atoms with E-state index >= 15 is 0 Å². The molecule has 0 saturated heterocycles. The summed E-state index contributed by atoms with van der Waals surface area (Å²) in [5.41, 5.74) is 2.53. The van der Waals surface area contributed by atoms with Crippen LogP contribution in [0.15, 0.2) is 48.5 Å². The number of benzene rings is 2. The highest BCUT2D eigenvalue weighted by Gasteiger charge is 2.32. The van der Waals surface area contributed by atoms with Crippen molar-refractivity contribution >= 4 is 33.6 Å². The minimum absolute atomic E-state index is 0.0553. The molecule has 0 radical (unpaired) electrons. The number of nitrogens with two attached hydrogens (primary N) is 1. The van der Waals surface area contributed by atoms with Crippen molar-refractivity contribution in [3.63, 3.8) is 0 Å². The van der Waals surface area contributed by atoms with Crippen molar-refractivity contribution in [2.75, 3.05) is 5.01 Å². The second-order valence-electron chi connectivity index (χ2n) is 12.8. The van der Waals surface area contributed by atoms with Gasteiger partial charge in [-0.05, 0) is 67.0 Å². The summed E-state index contributed by atoms with van der Waals surface area (Å²) in [6, 6.07) is 14.5. The van der Waals surface area contributed by atoms with Crippen molar-refractivity contribution in [2.45, 2.75) is 97.5 Å². The highest BCUT2D eigenvalue weighted by Crippen LogP contribution is 2.34. The Labute approximate surface area is 258 Å². The largest absolute Gasteiger partial charge is 0.384 e. The third-order valence-corrected chi connectivity index (χ3v) is 8.80. The van der Waals surface area contributed by atoms with E-state index in [2.05, 4.69) is 5.10 Å². The molecule has 1 heterocycles. The molecule has 9 heteroatoms. The Hall–Kier alpha value is -3.40. The minimum atomic E-state index is -1.29. The molecule has 1 amide bonds. The van der Waals surface area contributed by atoms with Gasteiger partial charge in [-0.15, -0.1) is 5.10 Å². The second kappa shape index (κ2) is 13.5. The van der Waals surface area contributed by atoms with Crippen LogP contribution in [0.3, 0.4) is 0 Å². The van der Waals surface area contributed by atoms with Crippen LogP contribution in [-0.2, 0) is 21.7 Å². The lowest BCUT2D eigenvalue weighted by molar-refractivity contribution is -0.112. The number of anilines is 1. The molecule has 1 aliphatic rings. The number of ketones is 1. The summed E-state index contributed by atoms with van der Waals surface area (Å²) >= 11 is 0.0995. The first-order chi connectivity index (χ1) is 20.3. The first kappa shape index (κ1) is 32.5. The van der Waals surface area contributed by atoms with Crippen LogP contribution in [-0.4, -0.2) is 35.7 Å². The molecule has 1 fully saturated rings. The maximum atomic E-state index is 14.0. The Morgan fingerprint density at radius 2 is 1.60 bits per heavy atom. The number of Topliss-reactive ketones (excluding diaryl/α,β-unsaturated/α-hetero) is 1. The third kappa shape index (κ3) is 7.22. The predicted octanol–water partition coefficient (Wildman–Crippen LogP) is 6.14. The lowest BCUT2D eigenvalue weighted by Gasteiger charge is -2.24. The molecule has 0 spiro atoms. The zero-order valence-corrected chi connectivity index (χ0v) is 26.9. The maximum Gasteiger partial charge on any atom is 0.287 e. The molecule has 0 bridgehead atoms. The van der Waals surface area contributed by atoms with E-state index < -0.39 is 11.5 Å². The monoisotopic (exact) mass is 604 g/mol. The fourth-order valence-corrected chi connectivity index (χ4v) is 6.37. The topological polar surface area (TPSA) is 119 Å². The Kier molecular flexibility index (Phi) is 10.2. The standard InChI is InChI=1S/C34H44N4O4S/c1-21(2)26-18-24(28(39)17-23-13-9-7-10-14-23)19-27(22(3)4)31(26)32(43-42)33(40)37(35)30-20-29(34(5,6)41)38(36-30)25-15-11-8-12-16-25/h8,11-12,15-16,18-23,41H,7,9-10,13-14,17,35H2,1-6H3. The van der Waals surface area contributed by atoms with E-state index in [1.165, 1.54) is 23.9 Å². The van der Waals surface area contributed by atoms with Gasteiger partial charge in [0.1, 0.15) is 21.7 Å². The van der Waals surface area contributed by atoms with Crippen molar-refractivity contribution in [2.24, 2.45) is 11.8 Å². The van der Waals surface area contributed by atoms with Crippen LogP contribution in [0, 0.1) is 5.92 Å². The molecule has 1 aliphatic carbocycles. The van der Waals surface area contributed by atoms with Gasteiger partial charge in [0, 0.05) is 23.6 Å². The summed E-state index contributed by atoms with van der Waals surface area (Å²) in [7, 11) is 0. The summed E-state index contributed by atoms with van der Waals surface area (Å²) in [6.45, 7) is 11.2. The lowest BCUT2D eigenvalue weighted by atomic mass is 9.81. The Bertz CT molecular complexity index is 1500. The number of carbonyl (C=O) groups is 2. The van der Waals surface area contributed by atoms with Crippen LogP contribution in [0.25, 0.3) is 5.69 Å². The number of hydrogen-bond donors (Lipinski definition) is 2. The van der Waals surface area contributed by atoms with Crippen LogP contribution < -0.4 is 10.9 Å². The first-order valence-corrected chi connectivity index (χ1v) is 15.9. The van der Waals surface area contributed by atoms with Gasteiger partial charge in [-0.3, -0.25) is 9.59 Å². The van der Waals surface area contributed by atoms with Gasteiger partial charge < -0.3 is 5.11 Å². The van der Waals surface area contributed by atoms with Gasteiger partial charge >= 0.3 is 0 Å². The molecule has 2 aromatic carbocycles. The lowest BCUT2D eigenvalue weighted by Crippen LogP contribution is -2.43. The number of carbonyl (C=O) groups excluding carboxylic acids is 2. The Balaban J connectivity index is 1.76. The number of nitrogens with zero attached hydrogens (tertiary/aromatic N) is 3. The van der Waals surface area contributed by atoms with Crippen molar-refractivity contribution in [1.29, 1.82) is 0 Å². The molecule has 0 aliphatic heterocycles. The van der Waals surface area contributed by atoms with E-state index in [0.29, 0.717) is 34.8 Å². The molecule has 0 atom stereocenters. The van der Waals surface area contributed by atoms with Gasteiger partial charge in [-0.2, -0.15) is 0 Å². The first-order valence-electron chi connectivity index (χ1n) is 15.2. The summed E-state index contributed by atoms with van der Waals surface area (Å²) in [5, 5.41) is 16.3. The van der Waals surface area contributed by atoms with Gasteiger partial charge in [0.05, 0.1) is 11.4 Å². The van der Waals surface area contributed by atoms with Gasteiger partial charge in [0.15, 0.2) is 11.6 Å². The maximum absolute atomic E-state index is 14.0. The normalized spacial score (nSPS) is 14.3. The van der Waals surface area contributed by atoms with Crippen LogP contribution >= 0.6 is 0 Å².